The number of ketones is 1. The van der Waals surface area contributed by atoms with Gasteiger partial charge in [-0.1, -0.05) is 67.9 Å². The van der Waals surface area contributed by atoms with Crippen LogP contribution in [0.5, 0.6) is 11.5 Å². The lowest BCUT2D eigenvalue weighted by Gasteiger charge is -2.39. The summed E-state index contributed by atoms with van der Waals surface area (Å²) < 4.78 is 42.4. The number of benzene rings is 3. The van der Waals surface area contributed by atoms with Gasteiger partial charge < -0.3 is 28.0 Å². The Balaban J connectivity index is 1.59. The van der Waals surface area contributed by atoms with E-state index in [9.17, 15) is 9.59 Å². The fourth-order valence-electron chi connectivity index (χ4n) is 6.96. The quantitative estimate of drug-likeness (QED) is 0.0495. The van der Waals surface area contributed by atoms with Gasteiger partial charge in [-0.3, -0.25) is 9.36 Å². The molecule has 1 aliphatic heterocycles. The summed E-state index contributed by atoms with van der Waals surface area (Å²) in [6.45, 7) is 12.8. The number of carbonyl (C=O) groups is 1. The molecule has 4 atom stereocenters. The predicted molar refractivity (Wildman–Crippen MR) is 214 cm³/mol. The zero-order valence-corrected chi connectivity index (χ0v) is 34.2. The van der Waals surface area contributed by atoms with Gasteiger partial charge in [0.05, 0.1) is 39.2 Å². The number of rotatable bonds is 20. The van der Waals surface area contributed by atoms with E-state index >= 15 is 0 Å². The molecule has 0 spiro atoms. The third kappa shape index (κ3) is 10.3. The third-order valence-electron chi connectivity index (χ3n) is 9.62. The monoisotopic (exact) mass is 773 g/mol. The van der Waals surface area contributed by atoms with Gasteiger partial charge in [-0.25, -0.2) is 9.46 Å². The van der Waals surface area contributed by atoms with Gasteiger partial charge in [-0.2, -0.15) is 4.98 Å². The zero-order chi connectivity index (χ0) is 39.5. The lowest BCUT2D eigenvalue weighted by atomic mass is 9.80. The molecule has 0 amide bonds. The summed E-state index contributed by atoms with van der Waals surface area (Å²) in [5, 5.41) is 0. The van der Waals surface area contributed by atoms with E-state index in [2.05, 4.69) is 56.4 Å². The summed E-state index contributed by atoms with van der Waals surface area (Å²) in [4.78, 5) is 29.4. The minimum Gasteiger partial charge on any atom is -0.497 e. The third-order valence-corrected chi connectivity index (χ3v) is 11.8. The Labute approximate surface area is 326 Å². The van der Waals surface area contributed by atoms with Gasteiger partial charge in [0.15, 0.2) is 0 Å². The maximum absolute atomic E-state index is 13.4. The largest absolute Gasteiger partial charge is 0.497 e. The summed E-state index contributed by atoms with van der Waals surface area (Å²) in [6.07, 6.45) is 2.15. The SMILES string of the molecule is CCCCOP(OC1CC(n2ccc(CC(C)=O)nc2=O)OC1COC(c1ccccc1)(c1ccc(OC)cc1)c1ccc(OC)cc1)N(C(C)C)C(C)C. The predicted octanol–water partition coefficient (Wildman–Crippen LogP) is 8.24. The minimum absolute atomic E-state index is 0.0700. The second-order valence-corrected chi connectivity index (χ2v) is 15.7. The van der Waals surface area contributed by atoms with Crippen LogP contribution in [0.15, 0.2) is 95.9 Å². The van der Waals surface area contributed by atoms with Crippen LogP contribution in [0.25, 0.3) is 0 Å². The molecule has 3 aromatic carbocycles. The van der Waals surface area contributed by atoms with E-state index < -0.39 is 38.3 Å². The van der Waals surface area contributed by atoms with Crippen molar-refractivity contribution in [3.63, 3.8) is 0 Å². The Kier molecular flexibility index (Phi) is 15.2. The molecule has 11 nitrogen and oxygen atoms in total. The molecule has 4 aromatic rings. The molecule has 0 N–H and O–H groups in total. The highest BCUT2D eigenvalue weighted by Crippen LogP contribution is 2.50. The molecule has 2 heterocycles. The van der Waals surface area contributed by atoms with Gasteiger partial charge in [0.25, 0.3) is 8.53 Å². The normalized spacial score (nSPS) is 17.9. The maximum atomic E-state index is 13.4. The van der Waals surface area contributed by atoms with Gasteiger partial charge in [-0.05, 0) is 88.1 Å². The first-order chi connectivity index (χ1) is 26.5. The van der Waals surface area contributed by atoms with Crippen LogP contribution in [0.2, 0.25) is 0 Å². The number of hydrogen-bond acceptors (Lipinski definition) is 10. The molecule has 1 saturated heterocycles. The van der Waals surface area contributed by atoms with Crippen molar-refractivity contribution in [2.24, 2.45) is 0 Å². The van der Waals surface area contributed by atoms with Gasteiger partial charge in [-0.15, -0.1) is 0 Å². The van der Waals surface area contributed by atoms with E-state index in [0.29, 0.717) is 18.7 Å². The van der Waals surface area contributed by atoms with E-state index in [4.69, 9.17) is 28.0 Å². The van der Waals surface area contributed by atoms with Crippen molar-refractivity contribution in [1.29, 1.82) is 0 Å². The molecule has 0 saturated carbocycles. The van der Waals surface area contributed by atoms with Gasteiger partial charge in [0.2, 0.25) is 0 Å². The standard InChI is InChI=1S/C43H56N3O8P/c1-9-10-26-52-55(46(30(2)3)31(4)5)54-39-28-41(45-25-24-36(27-32(6)47)44-42(45)48)53-40(39)29-51-43(33-14-12-11-13-15-33,34-16-20-37(49-7)21-17-34)35-18-22-38(50-8)23-19-35/h11-25,30-31,39-41H,9-10,26-29H2,1-8H3. The van der Waals surface area contributed by atoms with Crippen LogP contribution in [0, 0.1) is 0 Å². The molecule has 1 aromatic heterocycles. The number of aromatic nitrogens is 2. The zero-order valence-electron chi connectivity index (χ0n) is 33.3. The molecule has 0 aliphatic carbocycles. The van der Waals surface area contributed by atoms with Crippen molar-refractivity contribution >= 4 is 14.3 Å². The maximum Gasteiger partial charge on any atom is 0.349 e. The Bertz CT molecular complexity index is 1800. The summed E-state index contributed by atoms with van der Waals surface area (Å²) in [5.74, 6) is 1.38. The van der Waals surface area contributed by atoms with E-state index in [0.717, 1.165) is 41.0 Å². The molecule has 12 heteroatoms. The molecule has 55 heavy (non-hydrogen) atoms. The summed E-state index contributed by atoms with van der Waals surface area (Å²) >= 11 is 0. The number of carbonyl (C=O) groups excluding carboxylic acids is 1. The fraction of sp³-hybridized carbons (Fsp3) is 0.465. The summed E-state index contributed by atoms with van der Waals surface area (Å²) in [6, 6.07) is 27.8. The topological polar surface area (TPSA) is 111 Å². The van der Waals surface area contributed by atoms with Crippen LogP contribution in [-0.2, 0) is 35.3 Å². The number of nitrogens with zero attached hydrogens (tertiary/aromatic N) is 3. The number of unbranched alkanes of at least 4 members (excludes halogenated alkanes) is 1. The lowest BCUT2D eigenvalue weighted by molar-refractivity contribution is -0.116. The van der Waals surface area contributed by atoms with E-state index in [1.54, 1.807) is 26.5 Å². The summed E-state index contributed by atoms with van der Waals surface area (Å²) in [7, 11) is 1.77. The van der Waals surface area contributed by atoms with Crippen molar-refractivity contribution in [2.45, 2.75) is 103 Å². The van der Waals surface area contributed by atoms with Crippen molar-refractivity contribution in [1.82, 2.24) is 14.2 Å². The molecule has 296 valence electrons. The highest BCUT2D eigenvalue weighted by molar-refractivity contribution is 7.44. The van der Waals surface area contributed by atoms with Gasteiger partial charge in [0.1, 0.15) is 35.2 Å². The molecule has 0 bridgehead atoms. The van der Waals surface area contributed by atoms with E-state index in [1.165, 1.54) is 11.5 Å². The highest BCUT2D eigenvalue weighted by atomic mass is 31.2. The number of hydrogen-bond donors (Lipinski definition) is 0. The first-order valence-electron chi connectivity index (χ1n) is 19.1. The van der Waals surface area contributed by atoms with E-state index in [1.807, 2.05) is 66.7 Å². The first kappa shape index (κ1) is 42.2. The van der Waals surface area contributed by atoms with Crippen molar-refractivity contribution in [3.8, 4) is 11.5 Å². The molecular weight excluding hydrogens is 717 g/mol. The van der Waals surface area contributed by atoms with Crippen LogP contribution in [0.3, 0.4) is 0 Å². The van der Waals surface area contributed by atoms with Crippen molar-refractivity contribution in [3.05, 3.63) is 124 Å². The second kappa shape index (κ2) is 19.8. The fourth-order valence-corrected chi connectivity index (χ4v) is 8.76. The molecule has 4 unspecified atom stereocenters. The lowest BCUT2D eigenvalue weighted by Crippen LogP contribution is -2.39. The van der Waals surface area contributed by atoms with Crippen LogP contribution >= 0.6 is 8.53 Å². The molecule has 1 aliphatic rings. The Morgan fingerprint density at radius 3 is 2.00 bits per heavy atom. The molecule has 5 rings (SSSR count). The molecule has 1 fully saturated rings. The van der Waals surface area contributed by atoms with Gasteiger partial charge >= 0.3 is 5.69 Å². The average Bonchev–Trinajstić information content (AvgIpc) is 3.57. The van der Waals surface area contributed by atoms with Crippen LogP contribution in [0.4, 0.5) is 0 Å². The summed E-state index contributed by atoms with van der Waals surface area (Å²) in [5.41, 5.74) is 1.51. The van der Waals surface area contributed by atoms with E-state index in [-0.39, 0.29) is 30.9 Å². The van der Waals surface area contributed by atoms with Crippen molar-refractivity contribution < 1.29 is 32.8 Å². The van der Waals surface area contributed by atoms with Crippen LogP contribution in [0.1, 0.15) is 89.4 Å². The average molecular weight is 774 g/mol. The Morgan fingerprint density at radius 1 is 0.909 bits per heavy atom. The highest BCUT2D eigenvalue weighted by Gasteiger charge is 2.45. The Hall–Kier alpha value is -3.96. The first-order valence-corrected chi connectivity index (χ1v) is 20.2. The van der Waals surface area contributed by atoms with Crippen molar-refractivity contribution in [2.75, 3.05) is 27.4 Å². The van der Waals surface area contributed by atoms with Crippen LogP contribution < -0.4 is 15.2 Å². The molecule has 0 radical (unpaired) electrons. The second-order valence-electron chi connectivity index (χ2n) is 14.3. The number of methoxy groups -OCH3 is 2. The Morgan fingerprint density at radius 2 is 1.49 bits per heavy atom. The number of Topliss-reactive ketones (excluding diaryl/α,β-unsaturated/α-hetero) is 1. The smallest absolute Gasteiger partial charge is 0.349 e. The molecular formula is C43H56N3O8P. The van der Waals surface area contributed by atoms with Gasteiger partial charge in [0, 0.05) is 31.1 Å². The minimum atomic E-state index is -1.52. The number of ether oxygens (including phenoxy) is 4. The van der Waals surface area contributed by atoms with Crippen LogP contribution in [-0.4, -0.2) is 71.7 Å².